The molecule has 1 amide bonds. The number of alkyl halides is 2. The lowest BCUT2D eigenvalue weighted by Gasteiger charge is -2.36. The summed E-state index contributed by atoms with van der Waals surface area (Å²) in [7, 11) is 1.65. The van der Waals surface area contributed by atoms with E-state index in [2.05, 4.69) is 19.9 Å². The first-order valence-corrected chi connectivity index (χ1v) is 9.48. The first kappa shape index (κ1) is 21.1. The molecule has 2 aromatic rings. The number of para-hydroxylation sites is 2. The Labute approximate surface area is 172 Å². The van der Waals surface area contributed by atoms with E-state index in [1.807, 2.05) is 24.3 Å². The molecule has 6 nitrogen and oxygen atoms in total. The molecule has 0 aromatic heterocycles. The van der Waals surface area contributed by atoms with Crippen molar-refractivity contribution in [2.45, 2.75) is 6.61 Å². The standard InChI is InChI=1S/C20H22ClF2N3O3/c1-28-18-5-3-2-4-16(18)26-10-8-25(9-11-26)13-19(27)24-14-6-7-17(15(21)12-14)29-20(22)23/h2-7,12,20H,8-11,13H2,1H3,(H,24,27). The van der Waals surface area contributed by atoms with Gasteiger partial charge >= 0.3 is 6.61 Å². The van der Waals surface area contributed by atoms with Crippen LogP contribution in [0.2, 0.25) is 5.02 Å². The van der Waals surface area contributed by atoms with E-state index < -0.39 is 6.61 Å². The molecular weight excluding hydrogens is 404 g/mol. The molecule has 3 rings (SSSR count). The summed E-state index contributed by atoms with van der Waals surface area (Å²) in [5, 5.41) is 2.74. The molecule has 1 saturated heterocycles. The van der Waals surface area contributed by atoms with Crippen LogP contribution < -0.4 is 19.7 Å². The number of piperazine rings is 1. The maximum absolute atomic E-state index is 12.3. The van der Waals surface area contributed by atoms with Crippen LogP contribution in [-0.4, -0.2) is 57.3 Å². The minimum Gasteiger partial charge on any atom is -0.495 e. The highest BCUT2D eigenvalue weighted by Gasteiger charge is 2.21. The van der Waals surface area contributed by atoms with Crippen LogP contribution in [0.4, 0.5) is 20.2 Å². The van der Waals surface area contributed by atoms with Gasteiger partial charge in [0.15, 0.2) is 0 Å². The lowest BCUT2D eigenvalue weighted by atomic mass is 10.2. The molecule has 1 aliphatic rings. The number of hydrogen-bond acceptors (Lipinski definition) is 5. The average molecular weight is 426 g/mol. The van der Waals surface area contributed by atoms with Crippen LogP contribution in [0.3, 0.4) is 0 Å². The van der Waals surface area contributed by atoms with Gasteiger partial charge in [-0.2, -0.15) is 8.78 Å². The predicted octanol–water partition coefficient (Wildman–Crippen LogP) is 3.71. The molecule has 0 atom stereocenters. The van der Waals surface area contributed by atoms with E-state index in [-0.39, 0.29) is 23.2 Å². The summed E-state index contributed by atoms with van der Waals surface area (Å²) in [6.07, 6.45) is 0. The van der Waals surface area contributed by atoms with Crippen LogP contribution in [0.1, 0.15) is 0 Å². The van der Waals surface area contributed by atoms with Crippen molar-refractivity contribution in [1.82, 2.24) is 4.90 Å². The summed E-state index contributed by atoms with van der Waals surface area (Å²) in [4.78, 5) is 16.6. The van der Waals surface area contributed by atoms with Crippen molar-refractivity contribution >= 4 is 28.9 Å². The molecule has 0 aliphatic carbocycles. The fraction of sp³-hybridized carbons (Fsp3) is 0.350. The summed E-state index contributed by atoms with van der Waals surface area (Å²) < 4.78 is 34.3. The zero-order chi connectivity index (χ0) is 20.8. The number of methoxy groups -OCH3 is 1. The Morgan fingerprint density at radius 2 is 1.86 bits per heavy atom. The molecular formula is C20H22ClF2N3O3. The number of nitrogens with one attached hydrogen (secondary N) is 1. The van der Waals surface area contributed by atoms with Crippen molar-refractivity contribution in [3.05, 3.63) is 47.5 Å². The number of rotatable bonds is 7. The Bertz CT molecular complexity index is 845. The fourth-order valence-corrected chi connectivity index (χ4v) is 3.44. The van der Waals surface area contributed by atoms with Gasteiger partial charge in [-0.05, 0) is 30.3 Å². The third-order valence-electron chi connectivity index (χ3n) is 4.60. The summed E-state index contributed by atoms with van der Waals surface area (Å²) in [5.41, 5.74) is 1.47. The highest BCUT2D eigenvalue weighted by molar-refractivity contribution is 6.32. The van der Waals surface area contributed by atoms with Crippen LogP contribution in [0.15, 0.2) is 42.5 Å². The van der Waals surface area contributed by atoms with Crippen molar-refractivity contribution in [1.29, 1.82) is 0 Å². The molecule has 0 bridgehead atoms. The van der Waals surface area contributed by atoms with Crippen LogP contribution in [-0.2, 0) is 4.79 Å². The number of benzene rings is 2. The molecule has 1 aliphatic heterocycles. The molecule has 2 aromatic carbocycles. The van der Waals surface area contributed by atoms with E-state index in [1.54, 1.807) is 7.11 Å². The number of ether oxygens (including phenoxy) is 2. The smallest absolute Gasteiger partial charge is 0.387 e. The Hall–Kier alpha value is -2.58. The molecule has 29 heavy (non-hydrogen) atoms. The minimum absolute atomic E-state index is 0.00789. The van der Waals surface area contributed by atoms with Crippen LogP contribution in [0, 0.1) is 0 Å². The molecule has 1 N–H and O–H groups in total. The van der Waals surface area contributed by atoms with Gasteiger partial charge in [0.25, 0.3) is 0 Å². The van der Waals surface area contributed by atoms with Gasteiger partial charge in [0.05, 0.1) is 24.4 Å². The molecule has 1 fully saturated rings. The summed E-state index contributed by atoms with van der Waals surface area (Å²) >= 11 is 5.91. The maximum atomic E-state index is 12.3. The number of carbonyl (C=O) groups excluding carboxylic acids is 1. The van der Waals surface area contributed by atoms with E-state index in [0.29, 0.717) is 5.69 Å². The topological polar surface area (TPSA) is 54.0 Å². The van der Waals surface area contributed by atoms with Crippen molar-refractivity contribution in [3.8, 4) is 11.5 Å². The second-order valence-electron chi connectivity index (χ2n) is 6.51. The van der Waals surface area contributed by atoms with Gasteiger partial charge in [-0.15, -0.1) is 0 Å². The fourth-order valence-electron chi connectivity index (χ4n) is 3.21. The Kier molecular flexibility index (Phi) is 7.11. The second-order valence-corrected chi connectivity index (χ2v) is 6.91. The zero-order valence-corrected chi connectivity index (χ0v) is 16.7. The van der Waals surface area contributed by atoms with Crippen molar-refractivity contribution in [3.63, 3.8) is 0 Å². The molecule has 0 unspecified atom stereocenters. The van der Waals surface area contributed by atoms with Gasteiger partial charge in [-0.25, -0.2) is 0 Å². The SMILES string of the molecule is COc1ccccc1N1CCN(CC(=O)Nc2ccc(OC(F)F)c(Cl)c2)CC1. The van der Waals surface area contributed by atoms with E-state index in [1.165, 1.54) is 18.2 Å². The van der Waals surface area contributed by atoms with Crippen molar-refractivity contribution < 1.29 is 23.0 Å². The van der Waals surface area contributed by atoms with Crippen LogP contribution in [0.25, 0.3) is 0 Å². The van der Waals surface area contributed by atoms with Gasteiger partial charge in [-0.1, -0.05) is 23.7 Å². The zero-order valence-electron chi connectivity index (χ0n) is 15.9. The first-order valence-electron chi connectivity index (χ1n) is 9.11. The number of halogens is 3. The minimum atomic E-state index is -2.96. The highest BCUT2D eigenvalue weighted by atomic mass is 35.5. The summed E-state index contributed by atoms with van der Waals surface area (Å²) in [6.45, 7) is 0.286. The quantitative estimate of drug-likeness (QED) is 0.733. The van der Waals surface area contributed by atoms with E-state index >= 15 is 0 Å². The van der Waals surface area contributed by atoms with Gasteiger partial charge in [0.2, 0.25) is 5.91 Å². The number of amides is 1. The molecule has 0 saturated carbocycles. The van der Waals surface area contributed by atoms with Gasteiger partial charge in [-0.3, -0.25) is 9.69 Å². The summed E-state index contributed by atoms with van der Waals surface area (Å²) in [6, 6.07) is 12.0. The van der Waals surface area contributed by atoms with E-state index in [0.717, 1.165) is 37.6 Å². The van der Waals surface area contributed by atoms with Crippen LogP contribution >= 0.6 is 11.6 Å². The molecule has 1 heterocycles. The third-order valence-corrected chi connectivity index (χ3v) is 4.89. The second kappa shape index (κ2) is 9.76. The highest BCUT2D eigenvalue weighted by Crippen LogP contribution is 2.29. The van der Waals surface area contributed by atoms with Crippen LogP contribution in [0.5, 0.6) is 11.5 Å². The molecule has 156 valence electrons. The monoisotopic (exact) mass is 425 g/mol. The van der Waals surface area contributed by atoms with Crippen molar-refractivity contribution in [2.75, 3.05) is 50.1 Å². The Balaban J connectivity index is 1.50. The van der Waals surface area contributed by atoms with Gasteiger partial charge in [0.1, 0.15) is 11.5 Å². The predicted molar refractivity (Wildman–Crippen MR) is 108 cm³/mol. The van der Waals surface area contributed by atoms with Gasteiger partial charge < -0.3 is 19.7 Å². The first-order chi connectivity index (χ1) is 14.0. The normalized spacial score (nSPS) is 14.7. The van der Waals surface area contributed by atoms with E-state index in [4.69, 9.17) is 16.3 Å². The largest absolute Gasteiger partial charge is 0.495 e. The Morgan fingerprint density at radius 1 is 1.14 bits per heavy atom. The molecule has 9 heteroatoms. The number of anilines is 2. The average Bonchev–Trinajstić information content (AvgIpc) is 2.70. The Morgan fingerprint density at radius 3 is 2.52 bits per heavy atom. The van der Waals surface area contributed by atoms with Gasteiger partial charge in [0, 0.05) is 31.9 Å². The molecule has 0 radical (unpaired) electrons. The number of hydrogen-bond donors (Lipinski definition) is 1. The van der Waals surface area contributed by atoms with Crippen molar-refractivity contribution in [2.24, 2.45) is 0 Å². The number of nitrogens with zero attached hydrogens (tertiary/aromatic N) is 2. The lowest BCUT2D eigenvalue weighted by Crippen LogP contribution is -2.48. The lowest BCUT2D eigenvalue weighted by molar-refractivity contribution is -0.117. The molecule has 0 spiro atoms. The summed E-state index contributed by atoms with van der Waals surface area (Å²) in [5.74, 6) is 0.497. The van der Waals surface area contributed by atoms with E-state index in [9.17, 15) is 13.6 Å². The maximum Gasteiger partial charge on any atom is 0.387 e. The third kappa shape index (κ3) is 5.71. The number of carbonyl (C=O) groups is 1.